The molecule has 0 aliphatic carbocycles. The van der Waals surface area contributed by atoms with Crippen molar-refractivity contribution >= 4 is 14.3 Å². The number of esters is 1. The summed E-state index contributed by atoms with van der Waals surface area (Å²) in [7, 11) is -1.80. The SMILES string of the molecule is C=CC(/C=C\COC(C)=O)O[Si](C)(C)C(C)(C)C. The summed E-state index contributed by atoms with van der Waals surface area (Å²) >= 11 is 0. The molecular weight excluding hydrogens is 244 g/mol. The topological polar surface area (TPSA) is 35.5 Å². The van der Waals surface area contributed by atoms with E-state index in [4.69, 9.17) is 9.16 Å². The quantitative estimate of drug-likeness (QED) is 0.419. The van der Waals surface area contributed by atoms with Crippen molar-refractivity contribution in [2.45, 2.75) is 51.9 Å². The molecule has 0 N–H and O–H groups in total. The van der Waals surface area contributed by atoms with Gasteiger partial charge in [-0.15, -0.1) is 6.58 Å². The molecule has 0 saturated carbocycles. The third kappa shape index (κ3) is 6.17. The molecule has 0 spiro atoms. The molecule has 0 fully saturated rings. The van der Waals surface area contributed by atoms with Crippen LogP contribution in [0.25, 0.3) is 0 Å². The molecule has 0 amide bonds. The second kappa shape index (κ2) is 6.90. The molecule has 0 heterocycles. The van der Waals surface area contributed by atoms with Crippen molar-refractivity contribution in [1.29, 1.82) is 0 Å². The third-order valence-corrected chi connectivity index (χ3v) is 7.65. The summed E-state index contributed by atoms with van der Waals surface area (Å²) in [6, 6.07) is 0. The van der Waals surface area contributed by atoms with E-state index in [1.165, 1.54) is 6.92 Å². The first kappa shape index (κ1) is 17.1. The highest BCUT2D eigenvalue weighted by Gasteiger charge is 2.38. The van der Waals surface area contributed by atoms with Gasteiger partial charge >= 0.3 is 5.97 Å². The van der Waals surface area contributed by atoms with Gasteiger partial charge in [0.2, 0.25) is 0 Å². The molecule has 18 heavy (non-hydrogen) atoms. The summed E-state index contributed by atoms with van der Waals surface area (Å²) in [6.45, 7) is 16.4. The Kier molecular flexibility index (Phi) is 6.56. The molecular formula is C14H26O3Si. The van der Waals surface area contributed by atoms with Crippen LogP contribution in [-0.2, 0) is 14.0 Å². The number of hydrogen-bond donors (Lipinski definition) is 0. The molecule has 0 bridgehead atoms. The van der Waals surface area contributed by atoms with E-state index in [1.54, 1.807) is 12.2 Å². The molecule has 0 aliphatic heterocycles. The van der Waals surface area contributed by atoms with E-state index in [-0.39, 0.29) is 23.7 Å². The van der Waals surface area contributed by atoms with Crippen LogP contribution in [0.4, 0.5) is 0 Å². The molecule has 0 radical (unpaired) electrons. The summed E-state index contributed by atoms with van der Waals surface area (Å²) in [5.41, 5.74) is 0. The standard InChI is InChI=1S/C14H26O3Si/c1-8-13(10-9-11-16-12(2)15)17-18(6,7)14(3,4)5/h8-10,13H,1,11H2,2-7H3/b10-9-. The summed E-state index contributed by atoms with van der Waals surface area (Å²) in [5.74, 6) is -0.278. The van der Waals surface area contributed by atoms with Gasteiger partial charge in [-0.1, -0.05) is 32.9 Å². The Morgan fingerprint density at radius 3 is 2.33 bits per heavy atom. The first-order chi connectivity index (χ1) is 8.10. The molecule has 0 saturated heterocycles. The smallest absolute Gasteiger partial charge is 0.302 e. The lowest BCUT2D eigenvalue weighted by Crippen LogP contribution is -2.43. The van der Waals surface area contributed by atoms with Gasteiger partial charge in [-0.2, -0.15) is 0 Å². The van der Waals surface area contributed by atoms with E-state index in [2.05, 4.69) is 40.4 Å². The zero-order valence-electron chi connectivity index (χ0n) is 12.4. The van der Waals surface area contributed by atoms with Crippen molar-refractivity contribution in [3.05, 3.63) is 24.8 Å². The van der Waals surface area contributed by atoms with Gasteiger partial charge in [-0.3, -0.25) is 4.79 Å². The average molecular weight is 270 g/mol. The highest BCUT2D eigenvalue weighted by atomic mass is 28.4. The van der Waals surface area contributed by atoms with Gasteiger partial charge in [-0.05, 0) is 24.2 Å². The van der Waals surface area contributed by atoms with E-state index in [1.807, 2.05) is 6.08 Å². The zero-order chi connectivity index (χ0) is 14.4. The maximum absolute atomic E-state index is 10.6. The lowest BCUT2D eigenvalue weighted by molar-refractivity contribution is -0.139. The van der Waals surface area contributed by atoms with E-state index < -0.39 is 8.32 Å². The van der Waals surface area contributed by atoms with Crippen LogP contribution in [0.2, 0.25) is 18.1 Å². The molecule has 0 aromatic carbocycles. The fraction of sp³-hybridized carbons (Fsp3) is 0.643. The van der Waals surface area contributed by atoms with Gasteiger partial charge in [-0.25, -0.2) is 0 Å². The maximum atomic E-state index is 10.6. The Morgan fingerprint density at radius 2 is 1.94 bits per heavy atom. The molecule has 0 rings (SSSR count). The van der Waals surface area contributed by atoms with Crippen LogP contribution in [0.3, 0.4) is 0 Å². The lowest BCUT2D eigenvalue weighted by Gasteiger charge is -2.38. The van der Waals surface area contributed by atoms with Gasteiger partial charge in [0.15, 0.2) is 8.32 Å². The molecule has 1 unspecified atom stereocenters. The van der Waals surface area contributed by atoms with Crippen LogP contribution in [-0.4, -0.2) is 27.0 Å². The Balaban J connectivity index is 4.44. The number of ether oxygens (including phenoxy) is 1. The Morgan fingerprint density at radius 1 is 1.39 bits per heavy atom. The molecule has 0 aromatic heterocycles. The van der Waals surface area contributed by atoms with Gasteiger partial charge in [0.05, 0.1) is 6.10 Å². The minimum atomic E-state index is -1.80. The number of rotatable bonds is 6. The van der Waals surface area contributed by atoms with Gasteiger partial charge < -0.3 is 9.16 Å². The van der Waals surface area contributed by atoms with Crippen LogP contribution >= 0.6 is 0 Å². The molecule has 0 aromatic rings. The second-order valence-corrected chi connectivity index (χ2v) is 10.6. The number of hydrogen-bond acceptors (Lipinski definition) is 3. The van der Waals surface area contributed by atoms with E-state index in [0.29, 0.717) is 0 Å². The monoisotopic (exact) mass is 270 g/mol. The first-order valence-corrected chi connectivity index (χ1v) is 9.11. The van der Waals surface area contributed by atoms with Gasteiger partial charge in [0, 0.05) is 6.92 Å². The van der Waals surface area contributed by atoms with Crippen LogP contribution in [0.5, 0.6) is 0 Å². The lowest BCUT2D eigenvalue weighted by atomic mass is 10.2. The molecule has 3 nitrogen and oxygen atoms in total. The van der Waals surface area contributed by atoms with Crippen LogP contribution in [0.1, 0.15) is 27.7 Å². The molecule has 0 aliphatic rings. The summed E-state index contributed by atoms with van der Waals surface area (Å²) in [6.07, 6.45) is 5.32. The van der Waals surface area contributed by atoms with Crippen LogP contribution in [0, 0.1) is 0 Å². The fourth-order valence-electron chi connectivity index (χ4n) is 1.04. The molecule has 4 heteroatoms. The fourth-order valence-corrected chi connectivity index (χ4v) is 2.25. The third-order valence-electron chi connectivity index (χ3n) is 3.18. The Bertz CT molecular complexity index is 313. The Hall–Kier alpha value is -0.873. The predicted molar refractivity (Wildman–Crippen MR) is 78.0 cm³/mol. The van der Waals surface area contributed by atoms with E-state index >= 15 is 0 Å². The van der Waals surface area contributed by atoms with E-state index in [9.17, 15) is 4.79 Å². The largest absolute Gasteiger partial charge is 0.462 e. The molecule has 104 valence electrons. The highest BCUT2D eigenvalue weighted by Crippen LogP contribution is 2.37. The van der Waals surface area contributed by atoms with Crippen molar-refractivity contribution in [3.8, 4) is 0 Å². The summed E-state index contributed by atoms with van der Waals surface area (Å²) in [5, 5.41) is 0.165. The molecule has 1 atom stereocenters. The van der Waals surface area contributed by atoms with Crippen LogP contribution < -0.4 is 0 Å². The maximum Gasteiger partial charge on any atom is 0.302 e. The Labute approximate surface area is 112 Å². The highest BCUT2D eigenvalue weighted by molar-refractivity contribution is 6.74. The second-order valence-electron chi connectivity index (χ2n) is 5.81. The summed E-state index contributed by atoms with van der Waals surface area (Å²) < 4.78 is 11.0. The van der Waals surface area contributed by atoms with Crippen molar-refractivity contribution < 1.29 is 14.0 Å². The minimum absolute atomic E-state index is 0.124. The average Bonchev–Trinajstić information content (AvgIpc) is 2.20. The van der Waals surface area contributed by atoms with Crippen molar-refractivity contribution in [2.24, 2.45) is 0 Å². The van der Waals surface area contributed by atoms with E-state index in [0.717, 1.165) is 0 Å². The number of carbonyl (C=O) groups is 1. The normalized spacial score (nSPS) is 14.6. The minimum Gasteiger partial charge on any atom is -0.462 e. The predicted octanol–water partition coefficient (Wildman–Crippen LogP) is 3.68. The van der Waals surface area contributed by atoms with Crippen molar-refractivity contribution in [2.75, 3.05) is 6.61 Å². The summed E-state index contributed by atoms with van der Waals surface area (Å²) in [4.78, 5) is 10.6. The zero-order valence-corrected chi connectivity index (χ0v) is 13.4. The van der Waals surface area contributed by atoms with Gasteiger partial charge in [0.1, 0.15) is 6.61 Å². The van der Waals surface area contributed by atoms with Gasteiger partial charge in [0.25, 0.3) is 0 Å². The van der Waals surface area contributed by atoms with Crippen LogP contribution in [0.15, 0.2) is 24.8 Å². The number of carbonyl (C=O) groups excluding carboxylic acids is 1. The first-order valence-electron chi connectivity index (χ1n) is 6.20. The van der Waals surface area contributed by atoms with Crippen molar-refractivity contribution in [1.82, 2.24) is 0 Å². The van der Waals surface area contributed by atoms with Crippen molar-refractivity contribution in [3.63, 3.8) is 0 Å².